The van der Waals surface area contributed by atoms with Crippen LogP contribution >= 0.6 is 0 Å². The van der Waals surface area contributed by atoms with E-state index in [-0.39, 0.29) is 28.0 Å². The zero-order valence-electron chi connectivity index (χ0n) is 14.2. The molecule has 9 heteroatoms. The average Bonchev–Trinajstić information content (AvgIpc) is 2.92. The van der Waals surface area contributed by atoms with Crippen LogP contribution in [-0.2, 0) is 0 Å². The van der Waals surface area contributed by atoms with Crippen LogP contribution in [0.4, 0.5) is 13.2 Å². The maximum Gasteiger partial charge on any atom is 0.438 e. The van der Waals surface area contributed by atoms with Crippen molar-refractivity contribution in [2.24, 2.45) is 11.0 Å². The van der Waals surface area contributed by atoms with Gasteiger partial charge in [0.1, 0.15) is 0 Å². The van der Waals surface area contributed by atoms with Gasteiger partial charge in [0, 0.05) is 17.7 Å². The molecule has 138 valence electrons. The summed E-state index contributed by atoms with van der Waals surface area (Å²) in [4.78, 5) is 12.6. The minimum absolute atomic E-state index is 0.0913. The molecule has 0 bridgehead atoms. The Hall–Kier alpha value is -2.29. The number of benzene rings is 1. The highest BCUT2D eigenvalue weighted by Crippen LogP contribution is 2.42. The van der Waals surface area contributed by atoms with Gasteiger partial charge in [-0.05, 0) is 24.1 Å². The van der Waals surface area contributed by atoms with Crippen LogP contribution in [0.5, 0.6) is 11.5 Å². The van der Waals surface area contributed by atoms with Crippen LogP contribution in [0.2, 0.25) is 0 Å². The van der Waals surface area contributed by atoms with Gasteiger partial charge in [0.15, 0.2) is 11.5 Å². The van der Waals surface area contributed by atoms with Crippen molar-refractivity contribution in [3.63, 3.8) is 0 Å². The van der Waals surface area contributed by atoms with Crippen LogP contribution < -0.4 is 9.47 Å². The summed E-state index contributed by atoms with van der Waals surface area (Å²) in [5.41, 5.74) is -3.40. The van der Waals surface area contributed by atoms with E-state index in [1.54, 1.807) is 13.8 Å². The lowest BCUT2D eigenvalue weighted by Gasteiger charge is -2.32. The molecule has 1 aliphatic rings. The van der Waals surface area contributed by atoms with Crippen molar-refractivity contribution in [3.8, 4) is 11.5 Å². The second-order valence-corrected chi connectivity index (χ2v) is 5.92. The normalized spacial score (nSPS) is 20.7. The summed E-state index contributed by atoms with van der Waals surface area (Å²) in [6, 6.07) is 3.91. The maximum atomic E-state index is 13.4. The van der Waals surface area contributed by atoms with Crippen LogP contribution in [0.15, 0.2) is 23.3 Å². The molecule has 0 saturated heterocycles. The number of aliphatic hydroxyl groups is 1. The molecule has 2 rings (SSSR count). The van der Waals surface area contributed by atoms with Gasteiger partial charge in [-0.3, -0.25) is 4.79 Å². The lowest BCUT2D eigenvalue weighted by atomic mass is 9.98. The van der Waals surface area contributed by atoms with Crippen molar-refractivity contribution < 1.29 is 32.5 Å². The highest BCUT2D eigenvalue weighted by atomic mass is 19.4. The van der Waals surface area contributed by atoms with E-state index >= 15 is 0 Å². The maximum absolute atomic E-state index is 13.4. The largest absolute Gasteiger partial charge is 0.493 e. The third-order valence-electron chi connectivity index (χ3n) is 3.95. The van der Waals surface area contributed by atoms with Gasteiger partial charge >= 0.3 is 6.18 Å². The monoisotopic (exact) mass is 360 g/mol. The van der Waals surface area contributed by atoms with Gasteiger partial charge in [-0.1, -0.05) is 13.8 Å². The number of carbonyl (C=O) groups excluding carboxylic acids is 1. The molecule has 25 heavy (non-hydrogen) atoms. The van der Waals surface area contributed by atoms with Crippen LogP contribution in [-0.4, -0.2) is 47.9 Å². The lowest BCUT2D eigenvalue weighted by molar-refractivity contribution is -0.297. The van der Waals surface area contributed by atoms with Gasteiger partial charge in [-0.15, -0.1) is 0 Å². The summed E-state index contributed by atoms with van der Waals surface area (Å²) in [5, 5.41) is 14.0. The van der Waals surface area contributed by atoms with E-state index in [4.69, 9.17) is 9.47 Å². The first-order chi connectivity index (χ1) is 11.5. The molecule has 0 saturated carbocycles. The summed E-state index contributed by atoms with van der Waals surface area (Å²) in [6.07, 6.45) is -5.84. The first kappa shape index (κ1) is 19.0. The average molecular weight is 360 g/mol. The van der Waals surface area contributed by atoms with Crippen molar-refractivity contribution in [1.82, 2.24) is 5.01 Å². The zero-order chi connectivity index (χ0) is 19.0. The Balaban J connectivity index is 2.47. The summed E-state index contributed by atoms with van der Waals surface area (Å²) in [5.74, 6) is -0.942. The Labute approximate surface area is 142 Å². The fourth-order valence-electron chi connectivity index (χ4n) is 2.42. The topological polar surface area (TPSA) is 71.4 Å². The fraction of sp³-hybridized carbons (Fsp3) is 0.500. The second kappa shape index (κ2) is 6.55. The van der Waals surface area contributed by atoms with E-state index < -0.39 is 24.2 Å². The van der Waals surface area contributed by atoms with Gasteiger partial charge in [0.05, 0.1) is 14.2 Å². The Morgan fingerprint density at radius 2 is 1.88 bits per heavy atom. The summed E-state index contributed by atoms with van der Waals surface area (Å²) >= 11 is 0. The number of methoxy groups -OCH3 is 2. The highest BCUT2D eigenvalue weighted by molar-refractivity contribution is 5.99. The zero-order valence-corrected chi connectivity index (χ0v) is 14.2. The van der Waals surface area contributed by atoms with E-state index in [1.807, 2.05) is 0 Å². The molecule has 1 atom stereocenters. The van der Waals surface area contributed by atoms with E-state index in [1.165, 1.54) is 32.4 Å². The van der Waals surface area contributed by atoms with Gasteiger partial charge in [0.2, 0.25) is 0 Å². The fourth-order valence-corrected chi connectivity index (χ4v) is 2.42. The molecular formula is C16H19F3N2O4. The number of hydrogen-bond donors (Lipinski definition) is 1. The van der Waals surface area contributed by atoms with E-state index in [2.05, 4.69) is 5.10 Å². The number of rotatable bonds is 4. The van der Waals surface area contributed by atoms with Crippen LogP contribution in [0, 0.1) is 5.92 Å². The molecule has 1 N–H and O–H groups in total. The third kappa shape index (κ3) is 3.28. The standard InChI is InChI=1S/C16H19F3N2O4/c1-9(2)11-8-15(23,16(17,18)19)21(20-11)14(22)10-5-6-12(24-3)13(7-10)25-4/h5-7,9,23H,8H2,1-4H3/t15-/m1/s1. The van der Waals surface area contributed by atoms with Crippen molar-refractivity contribution in [1.29, 1.82) is 0 Å². The second-order valence-electron chi connectivity index (χ2n) is 5.92. The number of hydrogen-bond acceptors (Lipinski definition) is 5. The summed E-state index contributed by atoms with van der Waals surface area (Å²) in [6.45, 7) is 3.28. The predicted octanol–water partition coefficient (Wildman–Crippen LogP) is 2.81. The molecule has 1 aromatic rings. The van der Waals surface area contributed by atoms with Gasteiger partial charge < -0.3 is 14.6 Å². The number of nitrogens with zero attached hydrogens (tertiary/aromatic N) is 2. The number of carbonyl (C=O) groups is 1. The van der Waals surface area contributed by atoms with Crippen molar-refractivity contribution in [2.45, 2.75) is 32.2 Å². The van der Waals surface area contributed by atoms with E-state index in [9.17, 15) is 23.1 Å². The lowest BCUT2D eigenvalue weighted by Crippen LogP contribution is -2.56. The van der Waals surface area contributed by atoms with Crippen LogP contribution in [0.25, 0.3) is 0 Å². The van der Waals surface area contributed by atoms with Gasteiger partial charge in [-0.25, -0.2) is 0 Å². The minimum Gasteiger partial charge on any atom is -0.493 e. The highest BCUT2D eigenvalue weighted by Gasteiger charge is 2.63. The Bertz CT molecular complexity index is 703. The molecule has 0 radical (unpaired) electrons. The van der Waals surface area contributed by atoms with E-state index in [0.29, 0.717) is 5.75 Å². The number of halogens is 3. The summed E-state index contributed by atoms with van der Waals surface area (Å²) < 4.78 is 50.3. The molecule has 1 aromatic carbocycles. The molecule has 6 nitrogen and oxygen atoms in total. The molecule has 0 unspecified atom stereocenters. The number of amides is 1. The Kier molecular flexibility index (Phi) is 4.99. The molecule has 0 aliphatic carbocycles. The quantitative estimate of drug-likeness (QED) is 0.896. The third-order valence-corrected chi connectivity index (χ3v) is 3.95. The number of hydrazone groups is 1. The predicted molar refractivity (Wildman–Crippen MR) is 83.6 cm³/mol. The van der Waals surface area contributed by atoms with Gasteiger partial charge in [-0.2, -0.15) is 23.3 Å². The van der Waals surface area contributed by atoms with E-state index in [0.717, 1.165) is 0 Å². The molecule has 0 aromatic heterocycles. The molecule has 1 amide bonds. The van der Waals surface area contributed by atoms with Gasteiger partial charge in [0.25, 0.3) is 11.6 Å². The smallest absolute Gasteiger partial charge is 0.438 e. The molecule has 0 spiro atoms. The number of alkyl halides is 3. The Morgan fingerprint density at radius 3 is 2.36 bits per heavy atom. The molecule has 1 heterocycles. The number of ether oxygens (including phenoxy) is 2. The Morgan fingerprint density at radius 1 is 1.28 bits per heavy atom. The minimum atomic E-state index is -5.06. The summed E-state index contributed by atoms with van der Waals surface area (Å²) in [7, 11) is 2.73. The molecular weight excluding hydrogens is 341 g/mol. The van der Waals surface area contributed by atoms with Crippen molar-refractivity contribution in [3.05, 3.63) is 23.8 Å². The van der Waals surface area contributed by atoms with Crippen molar-refractivity contribution in [2.75, 3.05) is 14.2 Å². The van der Waals surface area contributed by atoms with Crippen molar-refractivity contribution >= 4 is 11.6 Å². The van der Waals surface area contributed by atoms with Crippen LogP contribution in [0.1, 0.15) is 30.6 Å². The molecule has 1 aliphatic heterocycles. The first-order valence-electron chi connectivity index (χ1n) is 7.48. The first-order valence-corrected chi connectivity index (χ1v) is 7.48. The SMILES string of the molecule is COc1ccc(C(=O)N2N=C(C(C)C)C[C@@]2(O)C(F)(F)F)cc1OC. The van der Waals surface area contributed by atoms with Crippen LogP contribution in [0.3, 0.4) is 0 Å². The molecule has 0 fully saturated rings.